The first-order valence-corrected chi connectivity index (χ1v) is 8.20. The third kappa shape index (κ3) is 3.31. The van der Waals surface area contributed by atoms with E-state index in [-0.39, 0.29) is 17.5 Å². The van der Waals surface area contributed by atoms with Gasteiger partial charge in [-0.3, -0.25) is 9.59 Å². The van der Waals surface area contributed by atoms with Crippen LogP contribution in [0.15, 0.2) is 18.2 Å². The third-order valence-electron chi connectivity index (χ3n) is 5.20. The summed E-state index contributed by atoms with van der Waals surface area (Å²) in [4.78, 5) is 30.1. The van der Waals surface area contributed by atoms with E-state index in [1.165, 1.54) is 0 Å². The summed E-state index contributed by atoms with van der Waals surface area (Å²) < 4.78 is 5.38. The average Bonchev–Trinajstić information content (AvgIpc) is 2.56. The summed E-state index contributed by atoms with van der Waals surface area (Å²) in [6.45, 7) is 3.38. The van der Waals surface area contributed by atoms with Crippen molar-refractivity contribution in [2.75, 3.05) is 13.2 Å². The van der Waals surface area contributed by atoms with Crippen LogP contribution in [-0.4, -0.2) is 24.8 Å². The van der Waals surface area contributed by atoms with E-state index in [1.54, 1.807) is 12.1 Å². The molecule has 5 nitrogen and oxygen atoms in total. The van der Waals surface area contributed by atoms with Crippen molar-refractivity contribution in [3.8, 4) is 5.75 Å². The van der Waals surface area contributed by atoms with Gasteiger partial charge in [0.25, 0.3) is 0 Å². The lowest BCUT2D eigenvalue weighted by Crippen LogP contribution is -2.36. The maximum Gasteiger partial charge on any atom is 0.148 e. The topological polar surface area (TPSA) is 78.6 Å². The van der Waals surface area contributed by atoms with Crippen molar-refractivity contribution in [2.24, 2.45) is 17.7 Å². The third-order valence-corrected chi connectivity index (χ3v) is 5.20. The summed E-state index contributed by atoms with van der Waals surface area (Å²) in [5.74, 6) is 5.66. The first-order chi connectivity index (χ1) is 11.1. The van der Waals surface area contributed by atoms with E-state index in [0.717, 1.165) is 37.2 Å². The molecule has 0 aromatic heterocycles. The smallest absolute Gasteiger partial charge is 0.148 e. The highest BCUT2D eigenvalue weighted by molar-refractivity contribution is 6.10. The minimum Gasteiger partial charge on any atom is -0.412 e. The molecule has 1 saturated carbocycles. The zero-order valence-corrected chi connectivity index (χ0v) is 13.4. The standard InChI is InChI=1S/C18H23NO4/c1-11-2-3-14(23-19)10-15(11)18-16(20)8-13(9-17(18)21)12-4-6-22-7-5-12/h2-3,10,12-13,18H,4-9,19H2,1H3. The van der Waals surface area contributed by atoms with Crippen LogP contribution in [0, 0.1) is 18.8 Å². The molecule has 2 aliphatic rings. The summed E-state index contributed by atoms with van der Waals surface area (Å²) in [6, 6.07) is 5.29. The van der Waals surface area contributed by atoms with Gasteiger partial charge in [-0.1, -0.05) is 6.07 Å². The number of aryl methyl sites for hydroxylation is 1. The van der Waals surface area contributed by atoms with Crippen molar-refractivity contribution < 1.29 is 19.2 Å². The number of carbonyl (C=O) groups is 2. The number of ether oxygens (including phenoxy) is 1. The van der Waals surface area contributed by atoms with Crippen molar-refractivity contribution in [1.82, 2.24) is 0 Å². The first kappa shape index (κ1) is 16.1. The molecule has 0 bridgehead atoms. The van der Waals surface area contributed by atoms with Gasteiger partial charge in [0.2, 0.25) is 0 Å². The molecule has 0 unspecified atom stereocenters. The zero-order valence-electron chi connectivity index (χ0n) is 13.4. The molecule has 2 fully saturated rings. The molecule has 3 rings (SSSR count). The van der Waals surface area contributed by atoms with Crippen molar-refractivity contribution >= 4 is 11.6 Å². The van der Waals surface area contributed by atoms with Gasteiger partial charge in [-0.2, -0.15) is 5.90 Å². The van der Waals surface area contributed by atoms with Gasteiger partial charge in [0, 0.05) is 26.1 Å². The van der Waals surface area contributed by atoms with Crippen molar-refractivity contribution in [3.05, 3.63) is 29.3 Å². The van der Waals surface area contributed by atoms with Crippen molar-refractivity contribution in [2.45, 2.75) is 38.5 Å². The molecule has 1 aromatic carbocycles. The average molecular weight is 317 g/mol. The van der Waals surface area contributed by atoms with E-state index in [4.69, 9.17) is 15.5 Å². The van der Waals surface area contributed by atoms with Crippen LogP contribution in [0.4, 0.5) is 0 Å². The van der Waals surface area contributed by atoms with Crippen LogP contribution in [0.25, 0.3) is 0 Å². The lowest BCUT2D eigenvalue weighted by molar-refractivity contribution is -0.135. The molecule has 1 heterocycles. The highest BCUT2D eigenvalue weighted by Gasteiger charge is 2.40. The van der Waals surface area contributed by atoms with Crippen LogP contribution >= 0.6 is 0 Å². The van der Waals surface area contributed by atoms with Gasteiger partial charge in [0.05, 0.1) is 0 Å². The van der Waals surface area contributed by atoms with Crippen LogP contribution in [0.3, 0.4) is 0 Å². The molecule has 0 radical (unpaired) electrons. The molecular weight excluding hydrogens is 294 g/mol. The number of ketones is 2. The molecular formula is C18H23NO4. The summed E-state index contributed by atoms with van der Waals surface area (Å²) in [5.41, 5.74) is 1.65. The number of hydrogen-bond donors (Lipinski definition) is 1. The molecule has 0 atom stereocenters. The Balaban J connectivity index is 1.80. The van der Waals surface area contributed by atoms with Gasteiger partial charge >= 0.3 is 0 Å². The number of hydrogen-bond acceptors (Lipinski definition) is 5. The summed E-state index contributed by atoms with van der Waals surface area (Å²) in [7, 11) is 0. The molecule has 23 heavy (non-hydrogen) atoms. The van der Waals surface area contributed by atoms with Crippen LogP contribution in [0.5, 0.6) is 5.75 Å². The lowest BCUT2D eigenvalue weighted by Gasteiger charge is -2.34. The lowest BCUT2D eigenvalue weighted by atomic mass is 9.70. The number of nitrogens with two attached hydrogens (primary N) is 1. The van der Waals surface area contributed by atoms with Crippen LogP contribution in [0.2, 0.25) is 0 Å². The minimum atomic E-state index is -0.666. The van der Waals surface area contributed by atoms with Crippen LogP contribution in [0.1, 0.15) is 42.7 Å². The second kappa shape index (κ2) is 6.81. The predicted octanol–water partition coefficient (Wildman–Crippen LogP) is 2.31. The second-order valence-electron chi connectivity index (χ2n) is 6.62. The van der Waals surface area contributed by atoms with Crippen LogP contribution < -0.4 is 10.7 Å². The normalized spacial score (nSPS) is 26.3. The molecule has 5 heteroatoms. The number of benzene rings is 1. The van der Waals surface area contributed by atoms with E-state index in [1.807, 2.05) is 13.0 Å². The fraction of sp³-hybridized carbons (Fsp3) is 0.556. The summed E-state index contributed by atoms with van der Waals surface area (Å²) >= 11 is 0. The van der Waals surface area contributed by atoms with E-state index in [0.29, 0.717) is 24.5 Å². The second-order valence-corrected chi connectivity index (χ2v) is 6.62. The Morgan fingerprint density at radius 2 is 1.74 bits per heavy atom. The molecule has 2 N–H and O–H groups in total. The van der Waals surface area contributed by atoms with E-state index in [9.17, 15) is 9.59 Å². The van der Waals surface area contributed by atoms with Gasteiger partial charge in [0.1, 0.15) is 23.2 Å². The van der Waals surface area contributed by atoms with Gasteiger partial charge < -0.3 is 9.57 Å². The maximum atomic E-state index is 12.7. The Hall–Kier alpha value is -1.72. The van der Waals surface area contributed by atoms with E-state index >= 15 is 0 Å². The molecule has 1 aliphatic heterocycles. The molecule has 1 saturated heterocycles. The minimum absolute atomic E-state index is 0.0232. The monoisotopic (exact) mass is 317 g/mol. The highest BCUT2D eigenvalue weighted by Crippen LogP contribution is 2.39. The largest absolute Gasteiger partial charge is 0.412 e. The number of Topliss-reactive ketones (excluding diaryl/α,β-unsaturated/α-hetero) is 2. The SMILES string of the molecule is Cc1ccc(ON)cc1C1C(=O)CC(C2CCOCC2)CC1=O. The highest BCUT2D eigenvalue weighted by atomic mass is 16.6. The van der Waals surface area contributed by atoms with Crippen molar-refractivity contribution in [1.29, 1.82) is 0 Å². The Morgan fingerprint density at radius 3 is 2.35 bits per heavy atom. The first-order valence-electron chi connectivity index (χ1n) is 8.20. The Kier molecular flexibility index (Phi) is 4.78. The quantitative estimate of drug-likeness (QED) is 0.683. The Labute approximate surface area is 136 Å². The predicted molar refractivity (Wildman–Crippen MR) is 85.0 cm³/mol. The van der Waals surface area contributed by atoms with E-state index < -0.39 is 5.92 Å². The zero-order chi connectivity index (χ0) is 16.4. The molecule has 0 amide bonds. The van der Waals surface area contributed by atoms with Gasteiger partial charge in [0.15, 0.2) is 0 Å². The fourth-order valence-corrected chi connectivity index (χ4v) is 3.87. The summed E-state index contributed by atoms with van der Waals surface area (Å²) in [6.07, 6.45) is 2.86. The number of carbonyl (C=O) groups excluding carboxylic acids is 2. The van der Waals surface area contributed by atoms with E-state index in [2.05, 4.69) is 0 Å². The van der Waals surface area contributed by atoms with Crippen molar-refractivity contribution in [3.63, 3.8) is 0 Å². The molecule has 1 aromatic rings. The molecule has 1 aliphatic carbocycles. The molecule has 0 spiro atoms. The van der Waals surface area contributed by atoms with Crippen LogP contribution in [-0.2, 0) is 14.3 Å². The maximum absolute atomic E-state index is 12.7. The Bertz CT molecular complexity index is 589. The molecule has 124 valence electrons. The van der Waals surface area contributed by atoms with Gasteiger partial charge in [-0.05, 0) is 54.9 Å². The Morgan fingerprint density at radius 1 is 1.09 bits per heavy atom. The van der Waals surface area contributed by atoms with Gasteiger partial charge in [-0.25, -0.2) is 0 Å². The fourth-order valence-electron chi connectivity index (χ4n) is 3.87. The summed E-state index contributed by atoms with van der Waals surface area (Å²) in [5, 5.41) is 0. The van der Waals surface area contributed by atoms with Gasteiger partial charge in [-0.15, -0.1) is 0 Å². The number of rotatable bonds is 3.